The van der Waals surface area contributed by atoms with Gasteiger partial charge < -0.3 is 5.73 Å². The predicted octanol–water partition coefficient (Wildman–Crippen LogP) is 1.38. The maximum atomic E-state index is 5.69. The molecule has 0 heterocycles. The molecule has 0 aliphatic carbocycles. The summed E-state index contributed by atoms with van der Waals surface area (Å²) >= 11 is 0. The van der Waals surface area contributed by atoms with Crippen molar-refractivity contribution >= 4 is 0 Å². The highest BCUT2D eigenvalue weighted by atomic mass is 14.6. The minimum absolute atomic E-state index is 0.00231. The third-order valence-corrected chi connectivity index (χ3v) is 1.23. The smallest absolute Gasteiger partial charge is 0.0713 e. The second kappa shape index (κ2) is 2.89. The van der Waals surface area contributed by atoms with Gasteiger partial charge in [-0.1, -0.05) is 26.7 Å². The zero-order valence-electron chi connectivity index (χ0n) is 6.65. The highest BCUT2D eigenvalue weighted by Gasteiger charge is 2.17. The van der Waals surface area contributed by atoms with Gasteiger partial charge in [-0.2, -0.15) is 0 Å². The average molecular weight is 125 g/mol. The molecule has 0 aliphatic rings. The van der Waals surface area contributed by atoms with Gasteiger partial charge in [0.2, 0.25) is 0 Å². The summed E-state index contributed by atoms with van der Waals surface area (Å²) in [6.45, 7) is 8.07. The second-order valence-electron chi connectivity index (χ2n) is 3.24. The van der Waals surface area contributed by atoms with Crippen molar-refractivity contribution in [3.63, 3.8) is 0 Å². The molecule has 0 fully saturated rings. The molecule has 1 heteroatoms. The van der Waals surface area contributed by atoms with Crippen LogP contribution in [0, 0.1) is 17.3 Å². The van der Waals surface area contributed by atoms with E-state index in [4.69, 9.17) is 5.73 Å². The molecule has 0 saturated carbocycles. The van der Waals surface area contributed by atoms with Crippen LogP contribution in [0.4, 0.5) is 0 Å². The van der Waals surface area contributed by atoms with Gasteiger partial charge in [-0.3, -0.25) is 0 Å². The third kappa shape index (κ3) is 3.16. The molecule has 52 valence electrons. The molecule has 0 spiro atoms. The number of hydrogen-bond acceptors (Lipinski definition) is 1. The van der Waals surface area contributed by atoms with E-state index in [9.17, 15) is 0 Å². The fourth-order valence-electron chi connectivity index (χ4n) is 0.372. The summed E-state index contributed by atoms with van der Waals surface area (Å²) in [6, 6.07) is 0.00231. The Morgan fingerprint density at radius 2 is 1.78 bits per heavy atom. The van der Waals surface area contributed by atoms with Crippen LogP contribution in [0.2, 0.25) is 0 Å². The predicted molar refractivity (Wildman–Crippen MR) is 40.9 cm³/mol. The molecular weight excluding hydrogens is 110 g/mol. The Labute approximate surface area is 57.6 Å². The van der Waals surface area contributed by atoms with Gasteiger partial charge >= 0.3 is 0 Å². The Balaban J connectivity index is 3.99. The first-order valence-electron chi connectivity index (χ1n) is 3.16. The summed E-state index contributed by atoms with van der Waals surface area (Å²) in [4.78, 5) is 0. The molecule has 0 aromatic carbocycles. The van der Waals surface area contributed by atoms with Crippen LogP contribution in [0.15, 0.2) is 0 Å². The normalized spacial score (nSPS) is 13.9. The lowest BCUT2D eigenvalue weighted by atomic mass is 9.88. The van der Waals surface area contributed by atoms with E-state index in [1.54, 1.807) is 0 Å². The molecule has 0 aromatic rings. The monoisotopic (exact) mass is 125 g/mol. The summed E-state index contributed by atoms with van der Waals surface area (Å²) in [6.07, 6.45) is 0. The van der Waals surface area contributed by atoms with Crippen LogP contribution < -0.4 is 5.73 Å². The summed E-state index contributed by atoms with van der Waals surface area (Å²) < 4.78 is 0. The van der Waals surface area contributed by atoms with Crippen molar-refractivity contribution in [3.05, 3.63) is 0 Å². The second-order valence-corrected chi connectivity index (χ2v) is 3.24. The highest BCUT2D eigenvalue weighted by Crippen LogP contribution is 2.15. The zero-order valence-corrected chi connectivity index (χ0v) is 6.65. The van der Waals surface area contributed by atoms with Crippen LogP contribution in [-0.4, -0.2) is 6.04 Å². The van der Waals surface area contributed by atoms with Crippen LogP contribution in [-0.2, 0) is 0 Å². The molecule has 1 nitrogen and oxygen atoms in total. The molecule has 1 unspecified atom stereocenters. The van der Waals surface area contributed by atoms with Gasteiger partial charge in [0.1, 0.15) is 0 Å². The van der Waals surface area contributed by atoms with Crippen molar-refractivity contribution in [2.24, 2.45) is 11.1 Å². The Morgan fingerprint density at radius 3 is 1.89 bits per heavy atom. The molecule has 0 bridgehead atoms. The number of rotatable bonds is 0. The molecule has 9 heavy (non-hydrogen) atoms. The molecule has 0 amide bonds. The van der Waals surface area contributed by atoms with Gasteiger partial charge in [0, 0.05) is 0 Å². The first-order valence-corrected chi connectivity index (χ1v) is 3.16. The molecule has 1 atom stereocenters. The van der Waals surface area contributed by atoms with Gasteiger partial charge in [0.25, 0.3) is 0 Å². The summed E-state index contributed by atoms with van der Waals surface area (Å²) in [5.41, 5.74) is 5.80. The molecule has 0 rings (SSSR count). The summed E-state index contributed by atoms with van der Waals surface area (Å²) in [5.74, 6) is 5.71. The van der Waals surface area contributed by atoms with Gasteiger partial charge in [-0.15, -0.1) is 5.92 Å². The Kier molecular flexibility index (Phi) is 2.73. The molecule has 2 N–H and O–H groups in total. The van der Waals surface area contributed by atoms with Crippen LogP contribution in [0.1, 0.15) is 27.7 Å². The molecule has 0 radical (unpaired) electrons. The standard InChI is InChI=1S/C8H15N/c1-5-6-7(9)8(2,3)4/h7H,9H2,1-4H3. The first kappa shape index (κ1) is 8.52. The van der Waals surface area contributed by atoms with Crippen molar-refractivity contribution in [3.8, 4) is 11.8 Å². The van der Waals surface area contributed by atoms with Crippen molar-refractivity contribution < 1.29 is 0 Å². The topological polar surface area (TPSA) is 26.0 Å². The first-order chi connectivity index (χ1) is 3.98. The fourth-order valence-corrected chi connectivity index (χ4v) is 0.372. The molecular formula is C8H15N. The van der Waals surface area contributed by atoms with E-state index in [1.165, 1.54) is 0 Å². The lowest BCUT2D eigenvalue weighted by Crippen LogP contribution is -2.33. The van der Waals surface area contributed by atoms with E-state index in [2.05, 4.69) is 32.6 Å². The molecule has 0 aliphatic heterocycles. The Hall–Kier alpha value is -0.480. The average Bonchev–Trinajstić information content (AvgIpc) is 1.64. The van der Waals surface area contributed by atoms with E-state index < -0.39 is 0 Å². The van der Waals surface area contributed by atoms with Crippen molar-refractivity contribution in [1.29, 1.82) is 0 Å². The lowest BCUT2D eigenvalue weighted by Gasteiger charge is -2.21. The SMILES string of the molecule is CC#CC(N)C(C)(C)C. The summed E-state index contributed by atoms with van der Waals surface area (Å²) in [5, 5.41) is 0. The maximum Gasteiger partial charge on any atom is 0.0713 e. The highest BCUT2D eigenvalue weighted by molar-refractivity contribution is 5.08. The Morgan fingerprint density at radius 1 is 1.33 bits per heavy atom. The fraction of sp³-hybridized carbons (Fsp3) is 0.750. The number of nitrogens with two attached hydrogens (primary N) is 1. The van der Waals surface area contributed by atoms with Crippen LogP contribution >= 0.6 is 0 Å². The summed E-state index contributed by atoms with van der Waals surface area (Å²) in [7, 11) is 0. The molecule has 0 aromatic heterocycles. The third-order valence-electron chi connectivity index (χ3n) is 1.23. The van der Waals surface area contributed by atoms with Crippen LogP contribution in [0.25, 0.3) is 0 Å². The van der Waals surface area contributed by atoms with Crippen molar-refractivity contribution in [2.45, 2.75) is 33.7 Å². The number of hydrogen-bond donors (Lipinski definition) is 1. The minimum Gasteiger partial charge on any atom is -0.317 e. The zero-order chi connectivity index (χ0) is 7.49. The largest absolute Gasteiger partial charge is 0.317 e. The lowest BCUT2D eigenvalue weighted by molar-refractivity contribution is 0.374. The van der Waals surface area contributed by atoms with E-state index in [1.807, 2.05) is 6.92 Å². The van der Waals surface area contributed by atoms with E-state index in [0.717, 1.165) is 0 Å². The van der Waals surface area contributed by atoms with E-state index in [0.29, 0.717) is 0 Å². The van der Waals surface area contributed by atoms with Gasteiger partial charge in [0.05, 0.1) is 6.04 Å². The van der Waals surface area contributed by atoms with E-state index >= 15 is 0 Å². The minimum atomic E-state index is 0.00231. The van der Waals surface area contributed by atoms with Gasteiger partial charge in [0.15, 0.2) is 0 Å². The molecule has 0 saturated heterocycles. The van der Waals surface area contributed by atoms with Gasteiger partial charge in [-0.05, 0) is 12.3 Å². The quantitative estimate of drug-likeness (QED) is 0.486. The maximum absolute atomic E-state index is 5.69. The van der Waals surface area contributed by atoms with Crippen molar-refractivity contribution in [1.82, 2.24) is 0 Å². The van der Waals surface area contributed by atoms with Crippen LogP contribution in [0.5, 0.6) is 0 Å². The Bertz CT molecular complexity index is 131. The van der Waals surface area contributed by atoms with E-state index in [-0.39, 0.29) is 11.5 Å². The van der Waals surface area contributed by atoms with Gasteiger partial charge in [-0.25, -0.2) is 0 Å². The van der Waals surface area contributed by atoms with Crippen molar-refractivity contribution in [2.75, 3.05) is 0 Å². The van der Waals surface area contributed by atoms with Crippen LogP contribution in [0.3, 0.4) is 0 Å².